The van der Waals surface area contributed by atoms with Crippen molar-refractivity contribution in [3.8, 4) is 0 Å². The summed E-state index contributed by atoms with van der Waals surface area (Å²) in [6.07, 6.45) is -7.91. The second-order valence-corrected chi connectivity index (χ2v) is 5.86. The molecule has 0 aromatic heterocycles. The van der Waals surface area contributed by atoms with E-state index in [9.17, 15) is 26.3 Å². The van der Waals surface area contributed by atoms with Crippen LogP contribution in [0.3, 0.4) is 0 Å². The normalized spacial score (nSPS) is 29.8. The van der Waals surface area contributed by atoms with Crippen LogP contribution >= 0.6 is 0 Å². The highest BCUT2D eigenvalue weighted by molar-refractivity contribution is 4.87. The minimum Gasteiger partial charge on any atom is -0.295 e. The summed E-state index contributed by atoms with van der Waals surface area (Å²) in [5.74, 6) is 0. The molecule has 1 fully saturated rings. The Balaban J connectivity index is 2.48. The molecule has 0 unspecified atom stereocenters. The summed E-state index contributed by atoms with van der Waals surface area (Å²) in [6.45, 7) is 0.564. The van der Waals surface area contributed by atoms with Crippen LogP contribution in [-0.2, 0) is 0 Å². The lowest BCUT2D eigenvalue weighted by molar-refractivity contribution is -0.164. The maximum absolute atomic E-state index is 12.4. The Morgan fingerprint density at radius 3 is 1.84 bits per heavy atom. The summed E-state index contributed by atoms with van der Waals surface area (Å²) in [5, 5.41) is 0. The summed E-state index contributed by atoms with van der Waals surface area (Å²) >= 11 is 0. The van der Waals surface area contributed by atoms with Gasteiger partial charge in [-0.1, -0.05) is 6.92 Å². The van der Waals surface area contributed by atoms with Crippen molar-refractivity contribution < 1.29 is 26.3 Å². The van der Waals surface area contributed by atoms with Gasteiger partial charge in [-0.05, 0) is 38.1 Å². The van der Waals surface area contributed by atoms with E-state index in [0.717, 1.165) is 0 Å². The number of hydrogen-bond donors (Lipinski definition) is 0. The Labute approximate surface area is 109 Å². The predicted molar refractivity (Wildman–Crippen MR) is 59.7 cm³/mol. The molecule has 1 aliphatic rings. The Morgan fingerprint density at radius 1 is 1.00 bits per heavy atom. The van der Waals surface area contributed by atoms with Crippen LogP contribution in [-0.4, -0.2) is 36.9 Å². The third kappa shape index (κ3) is 6.01. The molecule has 7 heteroatoms. The van der Waals surface area contributed by atoms with Gasteiger partial charge >= 0.3 is 12.4 Å². The van der Waals surface area contributed by atoms with Crippen molar-refractivity contribution in [2.24, 2.45) is 5.41 Å². The summed E-state index contributed by atoms with van der Waals surface area (Å²) in [5.41, 5.74) is -0.826. The van der Waals surface area contributed by atoms with E-state index in [0.29, 0.717) is 25.7 Å². The van der Waals surface area contributed by atoms with Crippen LogP contribution in [0.15, 0.2) is 0 Å². The highest BCUT2D eigenvalue weighted by Crippen LogP contribution is 2.45. The van der Waals surface area contributed by atoms with E-state index in [2.05, 4.69) is 0 Å². The summed E-state index contributed by atoms with van der Waals surface area (Å²) in [4.78, 5) is 1.20. The number of halogens is 6. The Bertz CT molecular complexity index is 288. The van der Waals surface area contributed by atoms with Gasteiger partial charge in [0.1, 0.15) is 0 Å². The first-order valence-electron chi connectivity index (χ1n) is 6.24. The minimum absolute atomic E-state index is 0.275. The molecule has 1 aliphatic carbocycles. The molecule has 0 spiro atoms. The van der Waals surface area contributed by atoms with Gasteiger partial charge in [0.25, 0.3) is 0 Å². The maximum Gasteiger partial charge on any atom is 0.401 e. The number of alkyl halides is 6. The summed E-state index contributed by atoms with van der Waals surface area (Å²) in [6, 6.07) is -0.275. The molecular weight excluding hydrogens is 272 g/mol. The second-order valence-electron chi connectivity index (χ2n) is 5.86. The standard InChI is InChI=1S/C12H19F6N/c1-10(7-11(13,14)15)5-3-9(4-6-10)19(2)8-12(16,17)18/h9H,3-8H2,1-2H3/t9-,10-. The largest absolute Gasteiger partial charge is 0.401 e. The Morgan fingerprint density at radius 2 is 1.47 bits per heavy atom. The van der Waals surface area contributed by atoms with Gasteiger partial charge < -0.3 is 0 Å². The van der Waals surface area contributed by atoms with Crippen LogP contribution in [0, 0.1) is 5.41 Å². The zero-order valence-electron chi connectivity index (χ0n) is 11.0. The molecule has 1 nitrogen and oxygen atoms in total. The molecule has 1 rings (SSSR count). The molecule has 0 saturated heterocycles. The second kappa shape index (κ2) is 5.50. The number of hydrogen-bond acceptors (Lipinski definition) is 1. The third-order valence-electron chi connectivity index (χ3n) is 3.84. The van der Waals surface area contributed by atoms with Crippen LogP contribution in [0.5, 0.6) is 0 Å². The number of rotatable bonds is 3. The molecular formula is C12H19F6N. The first-order chi connectivity index (χ1) is 8.40. The van der Waals surface area contributed by atoms with Crippen molar-refractivity contribution in [1.29, 1.82) is 0 Å². The zero-order chi connectivity index (χ0) is 14.9. The Hall–Kier alpha value is -0.460. The average molecular weight is 291 g/mol. The monoisotopic (exact) mass is 291 g/mol. The van der Waals surface area contributed by atoms with Gasteiger partial charge in [-0.3, -0.25) is 4.90 Å². The molecule has 0 radical (unpaired) electrons. The molecule has 0 aliphatic heterocycles. The molecule has 0 N–H and O–H groups in total. The topological polar surface area (TPSA) is 3.24 Å². The van der Waals surface area contributed by atoms with E-state index in [4.69, 9.17) is 0 Å². The van der Waals surface area contributed by atoms with Crippen LogP contribution in [0.2, 0.25) is 0 Å². The van der Waals surface area contributed by atoms with Gasteiger partial charge in [-0.15, -0.1) is 0 Å². The SMILES string of the molecule is CN(CC(F)(F)F)[C@H]1CC[C@](C)(CC(F)(F)F)CC1. The number of nitrogens with zero attached hydrogens (tertiary/aromatic N) is 1. The third-order valence-corrected chi connectivity index (χ3v) is 3.84. The van der Waals surface area contributed by atoms with Crippen LogP contribution in [0.4, 0.5) is 26.3 Å². The highest BCUT2D eigenvalue weighted by Gasteiger charge is 2.42. The van der Waals surface area contributed by atoms with Crippen molar-refractivity contribution >= 4 is 0 Å². The van der Waals surface area contributed by atoms with E-state index >= 15 is 0 Å². The molecule has 1 saturated carbocycles. The van der Waals surface area contributed by atoms with E-state index in [1.807, 2.05) is 0 Å². The minimum atomic E-state index is -4.26. The van der Waals surface area contributed by atoms with E-state index in [1.54, 1.807) is 6.92 Å². The maximum atomic E-state index is 12.4. The van der Waals surface area contributed by atoms with E-state index < -0.39 is 30.7 Å². The van der Waals surface area contributed by atoms with Gasteiger partial charge in [-0.2, -0.15) is 26.3 Å². The lowest BCUT2D eigenvalue weighted by Gasteiger charge is -2.41. The van der Waals surface area contributed by atoms with Crippen molar-refractivity contribution in [2.45, 2.75) is 57.4 Å². The smallest absolute Gasteiger partial charge is 0.295 e. The zero-order valence-corrected chi connectivity index (χ0v) is 11.0. The van der Waals surface area contributed by atoms with Crippen molar-refractivity contribution in [2.75, 3.05) is 13.6 Å². The molecule has 19 heavy (non-hydrogen) atoms. The van der Waals surface area contributed by atoms with Gasteiger partial charge in [-0.25, -0.2) is 0 Å². The van der Waals surface area contributed by atoms with Crippen molar-refractivity contribution in [3.63, 3.8) is 0 Å². The Kier molecular flexibility index (Phi) is 4.80. The van der Waals surface area contributed by atoms with Crippen LogP contribution < -0.4 is 0 Å². The lowest BCUT2D eigenvalue weighted by atomic mass is 9.71. The average Bonchev–Trinajstić information content (AvgIpc) is 2.11. The summed E-state index contributed by atoms with van der Waals surface area (Å²) < 4.78 is 73.9. The fourth-order valence-corrected chi connectivity index (χ4v) is 2.81. The first-order valence-corrected chi connectivity index (χ1v) is 6.24. The molecule has 0 aromatic rings. The molecule has 114 valence electrons. The van der Waals surface area contributed by atoms with Gasteiger partial charge in [0.05, 0.1) is 6.54 Å². The summed E-state index contributed by atoms with van der Waals surface area (Å²) in [7, 11) is 1.38. The lowest BCUT2D eigenvalue weighted by Crippen LogP contribution is -2.43. The fraction of sp³-hybridized carbons (Fsp3) is 1.00. The fourth-order valence-electron chi connectivity index (χ4n) is 2.81. The van der Waals surface area contributed by atoms with Gasteiger partial charge in [0.2, 0.25) is 0 Å². The molecule has 0 heterocycles. The molecule has 0 atom stereocenters. The quantitative estimate of drug-likeness (QED) is 0.697. The van der Waals surface area contributed by atoms with Crippen LogP contribution in [0.25, 0.3) is 0 Å². The predicted octanol–water partition coefficient (Wildman–Crippen LogP) is 4.38. The first kappa shape index (κ1) is 16.6. The molecule has 0 bridgehead atoms. The molecule has 0 amide bonds. The molecule has 0 aromatic carbocycles. The van der Waals surface area contributed by atoms with E-state index in [-0.39, 0.29) is 6.04 Å². The van der Waals surface area contributed by atoms with Gasteiger partial charge in [0, 0.05) is 12.5 Å². The van der Waals surface area contributed by atoms with E-state index in [1.165, 1.54) is 11.9 Å². The van der Waals surface area contributed by atoms with Crippen molar-refractivity contribution in [3.05, 3.63) is 0 Å². The van der Waals surface area contributed by atoms with Crippen molar-refractivity contribution in [1.82, 2.24) is 4.90 Å². The van der Waals surface area contributed by atoms with Crippen LogP contribution in [0.1, 0.15) is 39.0 Å². The highest BCUT2D eigenvalue weighted by atomic mass is 19.4. The van der Waals surface area contributed by atoms with Gasteiger partial charge in [0.15, 0.2) is 0 Å².